The number of aromatic nitrogens is 3. The SMILES string of the molecule is CC1CCCCN1c1ccc(N2CCN(C(=O)c3cc(-c4ccccc4)on3)CC2)nn1. The predicted octanol–water partition coefficient (Wildman–Crippen LogP) is 3.47. The highest BCUT2D eigenvalue weighted by Crippen LogP contribution is 2.24. The van der Waals surface area contributed by atoms with Gasteiger partial charge in [0.2, 0.25) is 0 Å². The van der Waals surface area contributed by atoms with Crippen molar-refractivity contribution in [3.63, 3.8) is 0 Å². The lowest BCUT2D eigenvalue weighted by molar-refractivity contribution is 0.0736. The molecule has 0 saturated carbocycles. The molecular formula is C24H28N6O2. The van der Waals surface area contributed by atoms with Crippen molar-refractivity contribution < 1.29 is 9.32 Å². The number of hydrogen-bond acceptors (Lipinski definition) is 7. The smallest absolute Gasteiger partial charge is 0.276 e. The van der Waals surface area contributed by atoms with Crippen LogP contribution in [0.1, 0.15) is 36.7 Å². The fourth-order valence-electron chi connectivity index (χ4n) is 4.49. The third-order valence-electron chi connectivity index (χ3n) is 6.41. The van der Waals surface area contributed by atoms with E-state index < -0.39 is 0 Å². The third-order valence-corrected chi connectivity index (χ3v) is 6.41. The summed E-state index contributed by atoms with van der Waals surface area (Å²) in [6.07, 6.45) is 3.70. The third kappa shape index (κ3) is 4.17. The standard InChI is InChI=1S/C24H28N6O2/c1-18-7-5-6-12-30(18)23-11-10-22(25-26-23)28-13-15-29(16-14-28)24(31)20-17-21(32-27-20)19-8-3-2-4-9-19/h2-4,8-11,17-18H,5-7,12-16H2,1H3. The monoisotopic (exact) mass is 432 g/mol. The maximum absolute atomic E-state index is 12.9. The van der Waals surface area contributed by atoms with Crippen LogP contribution in [-0.2, 0) is 0 Å². The fraction of sp³-hybridized carbons (Fsp3) is 0.417. The molecule has 0 radical (unpaired) electrons. The van der Waals surface area contributed by atoms with Gasteiger partial charge < -0.3 is 19.2 Å². The molecule has 1 aromatic carbocycles. The van der Waals surface area contributed by atoms with Crippen LogP contribution in [0.15, 0.2) is 53.1 Å². The highest BCUT2D eigenvalue weighted by Gasteiger charge is 2.26. The van der Waals surface area contributed by atoms with Crippen LogP contribution >= 0.6 is 0 Å². The maximum atomic E-state index is 12.9. The molecule has 0 aliphatic carbocycles. The molecule has 0 spiro atoms. The summed E-state index contributed by atoms with van der Waals surface area (Å²) in [5.74, 6) is 2.32. The summed E-state index contributed by atoms with van der Waals surface area (Å²) >= 11 is 0. The second-order valence-electron chi connectivity index (χ2n) is 8.51. The molecule has 32 heavy (non-hydrogen) atoms. The first-order valence-corrected chi connectivity index (χ1v) is 11.4. The fourth-order valence-corrected chi connectivity index (χ4v) is 4.49. The molecule has 8 heteroatoms. The zero-order valence-electron chi connectivity index (χ0n) is 18.4. The number of piperidine rings is 1. The van der Waals surface area contributed by atoms with Crippen LogP contribution in [0.3, 0.4) is 0 Å². The zero-order chi connectivity index (χ0) is 21.9. The molecule has 3 aromatic rings. The Labute approximate surface area is 187 Å². The highest BCUT2D eigenvalue weighted by atomic mass is 16.5. The lowest BCUT2D eigenvalue weighted by Gasteiger charge is -2.36. The summed E-state index contributed by atoms with van der Waals surface area (Å²) in [7, 11) is 0. The van der Waals surface area contributed by atoms with E-state index in [0.717, 1.165) is 23.7 Å². The quantitative estimate of drug-likeness (QED) is 0.625. The molecule has 2 fully saturated rings. The molecule has 2 aromatic heterocycles. The van der Waals surface area contributed by atoms with Gasteiger partial charge in [-0.05, 0) is 38.3 Å². The number of carbonyl (C=O) groups is 1. The van der Waals surface area contributed by atoms with Crippen LogP contribution in [0.5, 0.6) is 0 Å². The molecule has 1 atom stereocenters. The zero-order valence-corrected chi connectivity index (χ0v) is 18.4. The first kappa shape index (κ1) is 20.5. The van der Waals surface area contributed by atoms with E-state index in [0.29, 0.717) is 43.7 Å². The number of rotatable bonds is 4. The van der Waals surface area contributed by atoms with Gasteiger partial charge in [0.25, 0.3) is 5.91 Å². The molecule has 0 N–H and O–H groups in total. The van der Waals surface area contributed by atoms with Crippen LogP contribution in [0, 0.1) is 0 Å². The van der Waals surface area contributed by atoms with Gasteiger partial charge in [-0.1, -0.05) is 35.5 Å². The van der Waals surface area contributed by atoms with E-state index in [-0.39, 0.29) is 5.91 Å². The van der Waals surface area contributed by atoms with Gasteiger partial charge in [0.1, 0.15) is 0 Å². The Bertz CT molecular complexity index is 1040. The second kappa shape index (κ2) is 8.98. The average molecular weight is 433 g/mol. The van der Waals surface area contributed by atoms with E-state index >= 15 is 0 Å². The van der Waals surface area contributed by atoms with Crippen LogP contribution in [0.25, 0.3) is 11.3 Å². The van der Waals surface area contributed by atoms with Gasteiger partial charge in [-0.25, -0.2) is 0 Å². The van der Waals surface area contributed by atoms with Crippen molar-refractivity contribution in [2.24, 2.45) is 0 Å². The van der Waals surface area contributed by atoms with Gasteiger partial charge in [-0.2, -0.15) is 0 Å². The highest BCUT2D eigenvalue weighted by molar-refractivity contribution is 5.93. The number of benzene rings is 1. The molecule has 2 aliphatic rings. The van der Waals surface area contributed by atoms with E-state index in [1.165, 1.54) is 19.3 Å². The second-order valence-corrected chi connectivity index (χ2v) is 8.51. The molecule has 1 unspecified atom stereocenters. The van der Waals surface area contributed by atoms with Crippen molar-refractivity contribution in [2.75, 3.05) is 42.5 Å². The molecule has 166 valence electrons. The van der Waals surface area contributed by atoms with Gasteiger partial charge in [0, 0.05) is 50.4 Å². The number of hydrogen-bond donors (Lipinski definition) is 0. The first-order chi connectivity index (χ1) is 15.7. The Morgan fingerprint density at radius 1 is 0.938 bits per heavy atom. The Kier molecular flexibility index (Phi) is 5.75. The minimum atomic E-state index is -0.101. The Balaban J connectivity index is 1.19. The van der Waals surface area contributed by atoms with E-state index in [1.54, 1.807) is 6.07 Å². The molecular weight excluding hydrogens is 404 g/mol. The predicted molar refractivity (Wildman–Crippen MR) is 123 cm³/mol. The van der Waals surface area contributed by atoms with Crippen molar-refractivity contribution in [3.8, 4) is 11.3 Å². The van der Waals surface area contributed by atoms with Crippen molar-refractivity contribution in [2.45, 2.75) is 32.2 Å². The molecule has 1 amide bonds. The molecule has 5 rings (SSSR count). The summed E-state index contributed by atoms with van der Waals surface area (Å²) in [5.41, 5.74) is 1.25. The van der Waals surface area contributed by atoms with Crippen molar-refractivity contribution in [3.05, 3.63) is 54.2 Å². The van der Waals surface area contributed by atoms with Gasteiger partial charge in [-0.3, -0.25) is 4.79 Å². The molecule has 4 heterocycles. The maximum Gasteiger partial charge on any atom is 0.276 e. The van der Waals surface area contributed by atoms with Gasteiger partial charge in [-0.15, -0.1) is 10.2 Å². The summed E-state index contributed by atoms with van der Waals surface area (Å²) in [6.45, 7) is 5.94. The molecule has 2 saturated heterocycles. The Morgan fingerprint density at radius 2 is 1.69 bits per heavy atom. The number of carbonyl (C=O) groups excluding carboxylic acids is 1. The number of piperazine rings is 1. The van der Waals surface area contributed by atoms with Crippen molar-refractivity contribution in [1.82, 2.24) is 20.3 Å². The van der Waals surface area contributed by atoms with Crippen LogP contribution in [0.4, 0.5) is 11.6 Å². The summed E-state index contributed by atoms with van der Waals surface area (Å²) in [6, 6.07) is 16.0. The van der Waals surface area contributed by atoms with E-state index in [9.17, 15) is 4.79 Å². The van der Waals surface area contributed by atoms with E-state index in [4.69, 9.17) is 4.52 Å². The molecule has 8 nitrogen and oxygen atoms in total. The number of anilines is 2. The van der Waals surface area contributed by atoms with E-state index in [2.05, 4.69) is 38.1 Å². The van der Waals surface area contributed by atoms with Gasteiger partial charge in [0.05, 0.1) is 0 Å². The Morgan fingerprint density at radius 3 is 2.41 bits per heavy atom. The minimum Gasteiger partial charge on any atom is -0.355 e. The van der Waals surface area contributed by atoms with Crippen LogP contribution in [-0.4, -0.2) is 64.9 Å². The summed E-state index contributed by atoms with van der Waals surface area (Å²) in [5, 5.41) is 13.0. The number of amides is 1. The van der Waals surface area contributed by atoms with Gasteiger partial charge >= 0.3 is 0 Å². The first-order valence-electron chi connectivity index (χ1n) is 11.4. The number of nitrogens with zero attached hydrogens (tertiary/aromatic N) is 6. The van der Waals surface area contributed by atoms with Crippen LogP contribution in [0.2, 0.25) is 0 Å². The van der Waals surface area contributed by atoms with Crippen molar-refractivity contribution >= 4 is 17.5 Å². The Hall–Kier alpha value is -3.42. The largest absolute Gasteiger partial charge is 0.355 e. The average Bonchev–Trinajstić information content (AvgIpc) is 3.35. The normalized spacial score (nSPS) is 19.3. The summed E-state index contributed by atoms with van der Waals surface area (Å²) < 4.78 is 5.39. The molecule has 0 bridgehead atoms. The lowest BCUT2D eigenvalue weighted by atomic mass is 10.0. The van der Waals surface area contributed by atoms with E-state index in [1.807, 2.05) is 41.3 Å². The molecule has 2 aliphatic heterocycles. The lowest BCUT2D eigenvalue weighted by Crippen LogP contribution is -2.49. The van der Waals surface area contributed by atoms with Crippen molar-refractivity contribution in [1.29, 1.82) is 0 Å². The summed E-state index contributed by atoms with van der Waals surface area (Å²) in [4.78, 5) is 19.2. The van der Waals surface area contributed by atoms with Crippen LogP contribution < -0.4 is 9.80 Å². The topological polar surface area (TPSA) is 78.6 Å². The van der Waals surface area contributed by atoms with Gasteiger partial charge in [0.15, 0.2) is 23.1 Å². The minimum absolute atomic E-state index is 0.101.